The Kier molecular flexibility index (Phi) is 2.25. The van der Waals surface area contributed by atoms with Gasteiger partial charge in [0.2, 0.25) is 12.3 Å². The van der Waals surface area contributed by atoms with Crippen LogP contribution in [0, 0.1) is 0 Å². The number of nitrogens with zero attached hydrogens (tertiary/aromatic N) is 1. The van der Waals surface area contributed by atoms with E-state index in [-0.39, 0.29) is 17.2 Å². The molecule has 1 saturated heterocycles. The maximum absolute atomic E-state index is 11.4. The van der Waals surface area contributed by atoms with Gasteiger partial charge < -0.3 is 10.2 Å². The molecule has 0 saturated carbocycles. The molecule has 0 aromatic rings. The zero-order valence-electron chi connectivity index (χ0n) is 6.89. The molecule has 0 aliphatic carbocycles. The number of carbonyl (C=O) groups is 2. The van der Waals surface area contributed by atoms with Crippen LogP contribution in [0.1, 0.15) is 0 Å². The third-order valence-corrected chi connectivity index (χ3v) is 4.49. The molecule has 0 bridgehead atoms. The van der Waals surface area contributed by atoms with Crippen LogP contribution in [0.25, 0.3) is 0 Å². The molecular formula is C7H8N2O2S2. The van der Waals surface area contributed by atoms with Gasteiger partial charge in [0.1, 0.15) is 6.04 Å². The Bertz CT molecular complexity index is 292. The van der Waals surface area contributed by atoms with Gasteiger partial charge in [0.15, 0.2) is 0 Å². The number of amides is 2. The van der Waals surface area contributed by atoms with Crippen LogP contribution in [0.15, 0.2) is 11.1 Å². The van der Waals surface area contributed by atoms with E-state index in [1.807, 2.05) is 5.41 Å². The Morgan fingerprint density at radius 1 is 1.69 bits per heavy atom. The minimum Gasteiger partial charge on any atom is -0.335 e. The smallest absolute Gasteiger partial charge is 0.248 e. The topological polar surface area (TPSA) is 49.4 Å². The number of carbonyl (C=O) groups excluding carboxylic acids is 2. The summed E-state index contributed by atoms with van der Waals surface area (Å²) >= 11 is 0. The standard InChI is InChI=1S/C7H8N2O2S2/c1-9(3-10)5-6-4(2-12-13-6)8-7(5)11/h2-3,5-6H,1H3,(H,8,11). The van der Waals surface area contributed by atoms with E-state index in [0.29, 0.717) is 6.41 Å². The molecule has 0 aromatic carbocycles. The lowest BCUT2D eigenvalue weighted by Gasteiger charge is -2.20. The predicted molar refractivity (Wildman–Crippen MR) is 52.8 cm³/mol. The number of hydrogen-bond donors (Lipinski definition) is 1. The van der Waals surface area contributed by atoms with E-state index in [0.717, 1.165) is 5.70 Å². The normalized spacial score (nSPS) is 30.8. The van der Waals surface area contributed by atoms with Crippen LogP contribution in [0.4, 0.5) is 0 Å². The average Bonchev–Trinajstić information content (AvgIpc) is 2.62. The number of hydrogen-bond acceptors (Lipinski definition) is 4. The Labute approximate surface area is 83.5 Å². The average molecular weight is 216 g/mol. The fourth-order valence-corrected chi connectivity index (χ4v) is 4.09. The van der Waals surface area contributed by atoms with Crippen molar-refractivity contribution >= 4 is 33.9 Å². The third-order valence-electron chi connectivity index (χ3n) is 2.07. The van der Waals surface area contributed by atoms with Gasteiger partial charge in [0.05, 0.1) is 5.25 Å². The molecule has 0 radical (unpaired) electrons. The van der Waals surface area contributed by atoms with Crippen LogP contribution < -0.4 is 5.32 Å². The van der Waals surface area contributed by atoms with Crippen LogP contribution >= 0.6 is 21.6 Å². The highest BCUT2D eigenvalue weighted by molar-refractivity contribution is 8.78. The van der Waals surface area contributed by atoms with Crippen molar-refractivity contribution < 1.29 is 9.59 Å². The number of fused-ring (bicyclic) bond motifs is 1. The quantitative estimate of drug-likeness (QED) is 0.528. The number of likely N-dealkylation sites (N-methyl/N-ethyl adjacent to an activating group) is 1. The van der Waals surface area contributed by atoms with Crippen LogP contribution in [0.2, 0.25) is 0 Å². The van der Waals surface area contributed by atoms with Gasteiger partial charge in [-0.2, -0.15) is 0 Å². The fourth-order valence-electron chi connectivity index (χ4n) is 1.40. The monoisotopic (exact) mass is 216 g/mol. The van der Waals surface area contributed by atoms with E-state index in [9.17, 15) is 9.59 Å². The zero-order valence-corrected chi connectivity index (χ0v) is 8.52. The lowest BCUT2D eigenvalue weighted by molar-refractivity contribution is -0.129. The van der Waals surface area contributed by atoms with Crippen molar-refractivity contribution in [3.63, 3.8) is 0 Å². The van der Waals surface area contributed by atoms with Crippen molar-refractivity contribution in [3.05, 3.63) is 11.1 Å². The first kappa shape index (κ1) is 8.96. The van der Waals surface area contributed by atoms with E-state index in [4.69, 9.17) is 0 Å². The Hall–Kier alpha value is -0.620. The van der Waals surface area contributed by atoms with Gasteiger partial charge in [-0.3, -0.25) is 9.59 Å². The van der Waals surface area contributed by atoms with Gasteiger partial charge in [-0.25, -0.2) is 0 Å². The van der Waals surface area contributed by atoms with Crippen LogP contribution in [-0.4, -0.2) is 35.6 Å². The minimum absolute atomic E-state index is 0.0846. The Morgan fingerprint density at radius 3 is 3.15 bits per heavy atom. The molecule has 2 atom stereocenters. The van der Waals surface area contributed by atoms with Crippen LogP contribution in [-0.2, 0) is 9.59 Å². The second-order valence-corrected chi connectivity index (χ2v) is 5.17. The summed E-state index contributed by atoms with van der Waals surface area (Å²) < 4.78 is 0. The summed E-state index contributed by atoms with van der Waals surface area (Å²) in [6.07, 6.45) is 0.691. The summed E-state index contributed by atoms with van der Waals surface area (Å²) in [6, 6.07) is -0.344. The molecule has 2 aliphatic rings. The zero-order chi connectivity index (χ0) is 9.42. The van der Waals surface area contributed by atoms with Gasteiger partial charge in [-0.1, -0.05) is 21.6 Å². The van der Waals surface area contributed by atoms with Crippen molar-refractivity contribution in [3.8, 4) is 0 Å². The first-order chi connectivity index (χ1) is 6.24. The van der Waals surface area contributed by atoms with Gasteiger partial charge in [-0.15, -0.1) is 0 Å². The molecule has 2 rings (SSSR count). The van der Waals surface area contributed by atoms with Gasteiger partial charge in [0.25, 0.3) is 0 Å². The maximum Gasteiger partial charge on any atom is 0.248 e. The van der Waals surface area contributed by atoms with E-state index in [1.165, 1.54) is 4.90 Å². The maximum atomic E-state index is 11.4. The molecule has 4 nitrogen and oxygen atoms in total. The van der Waals surface area contributed by atoms with Gasteiger partial charge in [0, 0.05) is 18.2 Å². The minimum atomic E-state index is -0.344. The SMILES string of the molecule is CN(C=O)C1C(=O)NC2=CSSC21. The largest absolute Gasteiger partial charge is 0.335 e. The first-order valence-electron chi connectivity index (χ1n) is 3.74. The lowest BCUT2D eigenvalue weighted by atomic mass is 10.2. The van der Waals surface area contributed by atoms with E-state index < -0.39 is 0 Å². The molecule has 2 amide bonds. The Morgan fingerprint density at radius 2 is 2.46 bits per heavy atom. The highest BCUT2D eigenvalue weighted by Gasteiger charge is 2.43. The summed E-state index contributed by atoms with van der Waals surface area (Å²) in [5.41, 5.74) is 0.929. The first-order valence-corrected chi connectivity index (χ1v) is 6.02. The summed E-state index contributed by atoms with van der Waals surface area (Å²) in [4.78, 5) is 23.4. The van der Waals surface area contributed by atoms with Gasteiger partial charge in [-0.05, 0) is 0 Å². The molecule has 1 N–H and O–H groups in total. The predicted octanol–water partition coefficient (Wildman–Crippen LogP) is 0.178. The highest BCUT2D eigenvalue weighted by atomic mass is 33.1. The van der Waals surface area contributed by atoms with Crippen molar-refractivity contribution in [2.24, 2.45) is 0 Å². The molecule has 2 aliphatic heterocycles. The van der Waals surface area contributed by atoms with Crippen molar-refractivity contribution in [2.75, 3.05) is 7.05 Å². The van der Waals surface area contributed by atoms with Crippen LogP contribution in [0.5, 0.6) is 0 Å². The molecule has 70 valence electrons. The summed E-state index contributed by atoms with van der Waals surface area (Å²) in [7, 11) is 4.83. The fraction of sp³-hybridized carbons (Fsp3) is 0.429. The third kappa shape index (κ3) is 1.34. The molecule has 0 spiro atoms. The second-order valence-electron chi connectivity index (χ2n) is 2.89. The number of rotatable bonds is 2. The molecular weight excluding hydrogens is 208 g/mol. The number of nitrogens with one attached hydrogen (secondary N) is 1. The van der Waals surface area contributed by atoms with Gasteiger partial charge >= 0.3 is 0 Å². The van der Waals surface area contributed by atoms with Crippen LogP contribution in [0.3, 0.4) is 0 Å². The van der Waals surface area contributed by atoms with E-state index >= 15 is 0 Å². The van der Waals surface area contributed by atoms with Crippen molar-refractivity contribution in [1.29, 1.82) is 0 Å². The molecule has 2 heterocycles. The lowest BCUT2D eigenvalue weighted by Crippen LogP contribution is -2.41. The summed E-state index contributed by atoms with van der Waals surface area (Å²) in [6.45, 7) is 0. The summed E-state index contributed by atoms with van der Waals surface area (Å²) in [5, 5.41) is 4.77. The highest BCUT2D eigenvalue weighted by Crippen LogP contribution is 2.44. The Balaban J connectivity index is 2.23. The van der Waals surface area contributed by atoms with Crippen molar-refractivity contribution in [2.45, 2.75) is 11.3 Å². The van der Waals surface area contributed by atoms with E-state index in [1.54, 1.807) is 28.6 Å². The molecule has 2 unspecified atom stereocenters. The molecule has 13 heavy (non-hydrogen) atoms. The van der Waals surface area contributed by atoms with E-state index in [2.05, 4.69) is 5.32 Å². The second kappa shape index (κ2) is 3.26. The summed E-state index contributed by atoms with van der Waals surface area (Å²) in [5.74, 6) is -0.0846. The molecule has 0 aromatic heterocycles. The van der Waals surface area contributed by atoms with Crippen molar-refractivity contribution in [1.82, 2.24) is 10.2 Å². The molecule has 6 heteroatoms. The molecule has 1 fully saturated rings.